The van der Waals surface area contributed by atoms with Crippen LogP contribution in [-0.2, 0) is 11.2 Å². The number of carboxylic acids is 1. The fourth-order valence-electron chi connectivity index (χ4n) is 1.89. The van der Waals surface area contributed by atoms with Crippen molar-refractivity contribution in [1.29, 1.82) is 0 Å². The Labute approximate surface area is 103 Å². The fourth-order valence-corrected chi connectivity index (χ4v) is 1.89. The molecule has 2 nitrogen and oxygen atoms in total. The van der Waals surface area contributed by atoms with Gasteiger partial charge in [-0.1, -0.05) is 29.8 Å². The summed E-state index contributed by atoms with van der Waals surface area (Å²) in [5.41, 5.74) is 2.24. The minimum atomic E-state index is -0.733. The van der Waals surface area contributed by atoms with Crippen molar-refractivity contribution in [3.8, 4) is 12.3 Å². The highest BCUT2D eigenvalue weighted by Gasteiger charge is 2.17. The first-order valence-corrected chi connectivity index (χ1v) is 5.85. The topological polar surface area (TPSA) is 37.3 Å². The molecule has 0 aliphatic rings. The van der Waals surface area contributed by atoms with Gasteiger partial charge in [0.1, 0.15) is 0 Å². The monoisotopic (exact) mass is 230 g/mol. The quantitative estimate of drug-likeness (QED) is 0.602. The van der Waals surface area contributed by atoms with Gasteiger partial charge < -0.3 is 5.11 Å². The molecule has 1 atom stereocenters. The molecule has 1 aromatic rings. The van der Waals surface area contributed by atoms with Crippen molar-refractivity contribution in [2.75, 3.05) is 0 Å². The van der Waals surface area contributed by atoms with E-state index in [-0.39, 0.29) is 5.92 Å². The van der Waals surface area contributed by atoms with Crippen molar-refractivity contribution in [3.63, 3.8) is 0 Å². The molecule has 1 aromatic carbocycles. The highest BCUT2D eigenvalue weighted by atomic mass is 16.4. The third kappa shape index (κ3) is 4.74. The lowest BCUT2D eigenvalue weighted by Gasteiger charge is -2.11. The summed E-state index contributed by atoms with van der Waals surface area (Å²) in [5.74, 6) is 1.48. The van der Waals surface area contributed by atoms with E-state index in [1.54, 1.807) is 0 Å². The Hall–Kier alpha value is -1.75. The van der Waals surface area contributed by atoms with Gasteiger partial charge >= 0.3 is 5.97 Å². The molecule has 1 rings (SSSR count). The molecule has 0 aliphatic heterocycles. The standard InChI is InChI=1S/C15H18O2/c1-3-4-5-9-14(15(16)17)11-13-8-6-7-12(2)10-13/h1,6-8,10,14H,4-5,9,11H2,2H3,(H,16,17). The Morgan fingerprint density at radius 3 is 2.88 bits per heavy atom. The summed E-state index contributed by atoms with van der Waals surface area (Å²) in [6.07, 6.45) is 7.82. The Bertz CT molecular complexity index is 415. The minimum absolute atomic E-state index is 0.329. The number of aryl methyl sites for hydroxylation is 1. The average Bonchev–Trinajstić information content (AvgIpc) is 2.28. The molecule has 0 saturated heterocycles. The average molecular weight is 230 g/mol. The summed E-state index contributed by atoms with van der Waals surface area (Å²) in [5, 5.41) is 9.15. The van der Waals surface area contributed by atoms with Crippen LogP contribution in [0.3, 0.4) is 0 Å². The van der Waals surface area contributed by atoms with Gasteiger partial charge in [0.25, 0.3) is 0 Å². The molecule has 0 amide bonds. The maximum atomic E-state index is 11.1. The predicted octanol–water partition coefficient (Wildman–Crippen LogP) is 3.04. The second kappa shape index (κ2) is 6.75. The van der Waals surface area contributed by atoms with Crippen LogP contribution in [0.2, 0.25) is 0 Å². The number of carboxylic acid groups (broad SMARTS) is 1. The third-order valence-electron chi connectivity index (χ3n) is 2.79. The number of unbranched alkanes of at least 4 members (excludes halogenated alkanes) is 1. The molecule has 0 aromatic heterocycles. The van der Waals surface area contributed by atoms with E-state index in [1.807, 2.05) is 31.2 Å². The van der Waals surface area contributed by atoms with Crippen molar-refractivity contribution in [1.82, 2.24) is 0 Å². The molecule has 1 unspecified atom stereocenters. The van der Waals surface area contributed by atoms with E-state index >= 15 is 0 Å². The van der Waals surface area contributed by atoms with Gasteiger partial charge in [-0.05, 0) is 31.7 Å². The first-order chi connectivity index (χ1) is 8.13. The van der Waals surface area contributed by atoms with E-state index < -0.39 is 5.97 Å². The summed E-state index contributed by atoms with van der Waals surface area (Å²) >= 11 is 0. The van der Waals surface area contributed by atoms with Crippen molar-refractivity contribution in [3.05, 3.63) is 35.4 Å². The summed E-state index contributed by atoms with van der Waals surface area (Å²) < 4.78 is 0. The van der Waals surface area contributed by atoms with E-state index in [4.69, 9.17) is 11.5 Å². The molecular weight excluding hydrogens is 212 g/mol. The Morgan fingerprint density at radius 2 is 2.29 bits per heavy atom. The molecular formula is C15H18O2. The van der Waals surface area contributed by atoms with Gasteiger partial charge in [-0.15, -0.1) is 12.3 Å². The van der Waals surface area contributed by atoms with Gasteiger partial charge in [0.15, 0.2) is 0 Å². The van der Waals surface area contributed by atoms with Crippen molar-refractivity contribution in [2.24, 2.45) is 5.92 Å². The number of carbonyl (C=O) groups is 1. The number of hydrogen-bond donors (Lipinski definition) is 1. The van der Waals surface area contributed by atoms with Crippen molar-refractivity contribution in [2.45, 2.75) is 32.6 Å². The van der Waals surface area contributed by atoms with Gasteiger partial charge in [-0.3, -0.25) is 4.79 Å². The van der Waals surface area contributed by atoms with E-state index in [0.717, 1.165) is 17.5 Å². The zero-order valence-electron chi connectivity index (χ0n) is 10.1. The first-order valence-electron chi connectivity index (χ1n) is 5.85. The Morgan fingerprint density at radius 1 is 1.53 bits per heavy atom. The van der Waals surface area contributed by atoms with Crippen LogP contribution in [0.5, 0.6) is 0 Å². The van der Waals surface area contributed by atoms with E-state index in [0.29, 0.717) is 19.3 Å². The molecule has 0 saturated carbocycles. The maximum absolute atomic E-state index is 11.1. The number of hydrogen-bond acceptors (Lipinski definition) is 1. The minimum Gasteiger partial charge on any atom is -0.481 e. The smallest absolute Gasteiger partial charge is 0.306 e. The summed E-state index contributed by atoms with van der Waals surface area (Å²) in [6.45, 7) is 2.01. The van der Waals surface area contributed by atoms with Gasteiger partial charge in [-0.25, -0.2) is 0 Å². The van der Waals surface area contributed by atoms with Crippen LogP contribution in [-0.4, -0.2) is 11.1 Å². The Balaban J connectivity index is 2.61. The maximum Gasteiger partial charge on any atom is 0.306 e. The van der Waals surface area contributed by atoms with E-state index in [9.17, 15) is 4.79 Å². The number of terminal acetylenes is 1. The van der Waals surface area contributed by atoms with Crippen LogP contribution in [0.4, 0.5) is 0 Å². The predicted molar refractivity (Wildman–Crippen MR) is 68.7 cm³/mol. The molecule has 17 heavy (non-hydrogen) atoms. The van der Waals surface area contributed by atoms with Crippen LogP contribution in [0.25, 0.3) is 0 Å². The van der Waals surface area contributed by atoms with Crippen molar-refractivity contribution >= 4 is 5.97 Å². The van der Waals surface area contributed by atoms with Gasteiger partial charge in [0, 0.05) is 6.42 Å². The summed E-state index contributed by atoms with van der Waals surface area (Å²) in [7, 11) is 0. The van der Waals surface area contributed by atoms with Gasteiger partial charge in [-0.2, -0.15) is 0 Å². The molecule has 0 heterocycles. The lowest BCUT2D eigenvalue weighted by molar-refractivity contribution is -0.141. The SMILES string of the molecule is C#CCCCC(Cc1cccc(C)c1)C(=O)O. The molecule has 0 aliphatic carbocycles. The zero-order valence-corrected chi connectivity index (χ0v) is 10.1. The third-order valence-corrected chi connectivity index (χ3v) is 2.79. The first kappa shape index (κ1) is 13.3. The molecule has 90 valence electrons. The summed E-state index contributed by atoms with van der Waals surface area (Å²) in [4.78, 5) is 11.1. The fraction of sp³-hybridized carbons (Fsp3) is 0.400. The molecule has 0 fully saturated rings. The van der Waals surface area contributed by atoms with Crippen LogP contribution >= 0.6 is 0 Å². The number of aliphatic carboxylic acids is 1. The zero-order chi connectivity index (χ0) is 12.7. The summed E-state index contributed by atoms with van der Waals surface area (Å²) in [6, 6.07) is 7.99. The number of benzene rings is 1. The van der Waals surface area contributed by atoms with Crippen LogP contribution in [0.1, 0.15) is 30.4 Å². The second-order valence-corrected chi connectivity index (χ2v) is 4.32. The van der Waals surface area contributed by atoms with E-state index in [1.165, 1.54) is 0 Å². The molecule has 1 N–H and O–H groups in total. The highest BCUT2D eigenvalue weighted by Crippen LogP contribution is 2.16. The number of rotatable bonds is 6. The van der Waals surface area contributed by atoms with Crippen molar-refractivity contribution < 1.29 is 9.90 Å². The lowest BCUT2D eigenvalue weighted by atomic mass is 9.93. The van der Waals surface area contributed by atoms with Gasteiger partial charge in [0.2, 0.25) is 0 Å². The molecule has 2 heteroatoms. The molecule has 0 radical (unpaired) electrons. The lowest BCUT2D eigenvalue weighted by Crippen LogP contribution is -2.16. The van der Waals surface area contributed by atoms with Crippen LogP contribution in [0, 0.1) is 25.2 Å². The largest absolute Gasteiger partial charge is 0.481 e. The van der Waals surface area contributed by atoms with Crippen LogP contribution < -0.4 is 0 Å². The highest BCUT2D eigenvalue weighted by molar-refractivity contribution is 5.70. The normalized spacial score (nSPS) is 11.8. The molecule has 0 spiro atoms. The van der Waals surface area contributed by atoms with E-state index in [2.05, 4.69) is 5.92 Å². The molecule has 0 bridgehead atoms. The Kier molecular flexibility index (Phi) is 5.29. The van der Waals surface area contributed by atoms with Crippen LogP contribution in [0.15, 0.2) is 24.3 Å². The van der Waals surface area contributed by atoms with Gasteiger partial charge in [0.05, 0.1) is 5.92 Å². The second-order valence-electron chi connectivity index (χ2n) is 4.32.